The summed E-state index contributed by atoms with van der Waals surface area (Å²) in [5.41, 5.74) is 0.766. The zero-order valence-electron chi connectivity index (χ0n) is 12.9. The van der Waals surface area contributed by atoms with Crippen LogP contribution < -0.4 is 10.1 Å². The molecule has 1 N–H and O–H groups in total. The second-order valence-corrected chi connectivity index (χ2v) is 5.51. The maximum absolute atomic E-state index is 12.2. The fraction of sp³-hybridized carbons (Fsp3) is 0.353. The molecule has 1 atom stereocenters. The quantitative estimate of drug-likeness (QED) is 0.833. The maximum Gasteiger partial charge on any atom is 0.227 e. The second kappa shape index (κ2) is 7.58. The summed E-state index contributed by atoms with van der Waals surface area (Å²) in [5.74, 6) is 0.873. The van der Waals surface area contributed by atoms with E-state index in [0.717, 1.165) is 30.7 Å². The molecule has 3 rings (SSSR count). The van der Waals surface area contributed by atoms with E-state index in [0.29, 0.717) is 13.2 Å². The normalized spacial score (nSPS) is 17.0. The van der Waals surface area contributed by atoms with Crippen LogP contribution in [0.2, 0.25) is 0 Å². The van der Waals surface area contributed by atoms with Gasteiger partial charge in [-0.1, -0.05) is 18.2 Å². The lowest BCUT2D eigenvalue weighted by Gasteiger charge is -2.17. The van der Waals surface area contributed by atoms with Crippen LogP contribution in [0.4, 0.5) is 5.69 Å². The Kier molecular flexibility index (Phi) is 5.03. The van der Waals surface area contributed by atoms with Gasteiger partial charge in [-0.05, 0) is 31.4 Å². The molecular weight excluding hydrogens is 292 g/mol. The molecule has 0 unspecified atom stereocenters. The molecule has 0 saturated carbocycles. The van der Waals surface area contributed by atoms with E-state index < -0.39 is 0 Å². The van der Waals surface area contributed by atoms with E-state index in [1.165, 1.54) is 6.33 Å². The van der Waals surface area contributed by atoms with Crippen LogP contribution in [0, 0.1) is 5.92 Å². The highest BCUT2D eigenvalue weighted by atomic mass is 16.5. The maximum atomic E-state index is 12.2. The van der Waals surface area contributed by atoms with Gasteiger partial charge in [0.2, 0.25) is 5.91 Å². The summed E-state index contributed by atoms with van der Waals surface area (Å²) in [6.07, 6.45) is 10.1. The molecule has 1 aliphatic rings. The number of carbonyl (C=O) groups excluding carboxylic acids is 1. The summed E-state index contributed by atoms with van der Waals surface area (Å²) in [5, 5.41) is 6.99. The highest BCUT2D eigenvalue weighted by molar-refractivity contribution is 5.92. The van der Waals surface area contributed by atoms with Gasteiger partial charge in [0.1, 0.15) is 25.0 Å². The first-order chi connectivity index (χ1) is 11.3. The van der Waals surface area contributed by atoms with Crippen LogP contribution in [0.25, 0.3) is 0 Å². The monoisotopic (exact) mass is 312 g/mol. The van der Waals surface area contributed by atoms with Crippen molar-refractivity contribution in [1.29, 1.82) is 0 Å². The Labute approximate surface area is 135 Å². The number of ether oxygens (including phenoxy) is 1. The van der Waals surface area contributed by atoms with Crippen molar-refractivity contribution in [3.8, 4) is 5.75 Å². The minimum Gasteiger partial charge on any atom is -0.492 e. The van der Waals surface area contributed by atoms with Crippen molar-refractivity contribution >= 4 is 11.6 Å². The highest BCUT2D eigenvalue weighted by Gasteiger charge is 2.18. The number of anilines is 1. The Morgan fingerprint density at radius 3 is 3.13 bits per heavy atom. The molecule has 23 heavy (non-hydrogen) atoms. The lowest BCUT2D eigenvalue weighted by Crippen LogP contribution is -2.23. The Hall–Kier alpha value is -2.63. The van der Waals surface area contributed by atoms with Crippen LogP contribution in [-0.2, 0) is 11.3 Å². The number of amides is 1. The third-order valence-electron chi connectivity index (χ3n) is 3.80. The smallest absolute Gasteiger partial charge is 0.227 e. The summed E-state index contributed by atoms with van der Waals surface area (Å²) in [6, 6.07) is 7.47. The predicted octanol–water partition coefficient (Wildman–Crippen LogP) is 2.65. The Morgan fingerprint density at radius 2 is 2.35 bits per heavy atom. The van der Waals surface area contributed by atoms with Crippen molar-refractivity contribution in [2.45, 2.75) is 25.8 Å². The Bertz CT molecular complexity index is 667. The summed E-state index contributed by atoms with van der Waals surface area (Å²) in [7, 11) is 0. The summed E-state index contributed by atoms with van der Waals surface area (Å²) >= 11 is 0. The largest absolute Gasteiger partial charge is 0.492 e. The lowest BCUT2D eigenvalue weighted by atomic mass is 9.93. The molecule has 0 bridgehead atoms. The number of rotatable bonds is 6. The minimum absolute atomic E-state index is 0.0666. The molecule has 1 aromatic carbocycles. The Balaban J connectivity index is 1.52. The van der Waals surface area contributed by atoms with E-state index in [1.54, 1.807) is 11.0 Å². The highest BCUT2D eigenvalue weighted by Crippen LogP contribution is 2.22. The standard InChI is InChI=1S/C17H20N4O2/c22-17(14-5-2-1-3-6-14)20-15-7-4-8-16(11-15)23-10-9-21-13-18-12-19-21/h1-2,4,7-8,11-14H,3,5-6,9-10H2,(H,20,22)/t14-/m0/s1. The van der Waals surface area contributed by atoms with Gasteiger partial charge >= 0.3 is 0 Å². The molecule has 1 aromatic heterocycles. The first-order valence-corrected chi connectivity index (χ1v) is 7.82. The molecule has 0 aliphatic heterocycles. The Morgan fingerprint density at radius 1 is 1.39 bits per heavy atom. The van der Waals surface area contributed by atoms with Crippen molar-refractivity contribution in [3.05, 3.63) is 49.1 Å². The molecule has 1 heterocycles. The minimum atomic E-state index is 0.0666. The summed E-state index contributed by atoms with van der Waals surface area (Å²) in [4.78, 5) is 16.1. The lowest BCUT2D eigenvalue weighted by molar-refractivity contribution is -0.120. The molecule has 1 amide bonds. The summed E-state index contributed by atoms with van der Waals surface area (Å²) < 4.78 is 7.41. The molecule has 0 radical (unpaired) electrons. The first-order valence-electron chi connectivity index (χ1n) is 7.82. The fourth-order valence-corrected chi connectivity index (χ4v) is 2.54. The van der Waals surface area contributed by atoms with Gasteiger partial charge in [-0.15, -0.1) is 0 Å². The van der Waals surface area contributed by atoms with Crippen molar-refractivity contribution in [3.63, 3.8) is 0 Å². The van der Waals surface area contributed by atoms with Gasteiger partial charge in [0.15, 0.2) is 0 Å². The molecule has 0 spiro atoms. The number of carbonyl (C=O) groups is 1. The topological polar surface area (TPSA) is 69.0 Å². The van der Waals surface area contributed by atoms with Gasteiger partial charge in [0.25, 0.3) is 0 Å². The van der Waals surface area contributed by atoms with E-state index >= 15 is 0 Å². The van der Waals surface area contributed by atoms with E-state index in [-0.39, 0.29) is 11.8 Å². The molecular formula is C17H20N4O2. The average Bonchev–Trinajstić information content (AvgIpc) is 3.09. The van der Waals surface area contributed by atoms with Gasteiger partial charge in [-0.3, -0.25) is 4.79 Å². The number of allylic oxidation sites excluding steroid dienone is 2. The number of hydrogen-bond donors (Lipinski definition) is 1. The number of hydrogen-bond acceptors (Lipinski definition) is 4. The SMILES string of the molecule is O=C(Nc1cccc(OCCn2cncn2)c1)[C@H]1CC=CCC1. The molecule has 6 nitrogen and oxygen atoms in total. The molecule has 0 saturated heterocycles. The van der Waals surface area contributed by atoms with Gasteiger partial charge in [-0.25, -0.2) is 9.67 Å². The van der Waals surface area contributed by atoms with Gasteiger partial charge < -0.3 is 10.1 Å². The van der Waals surface area contributed by atoms with Gasteiger partial charge in [0.05, 0.1) is 6.54 Å². The first kappa shape index (κ1) is 15.3. The number of nitrogens with one attached hydrogen (secondary N) is 1. The van der Waals surface area contributed by atoms with E-state index in [9.17, 15) is 4.79 Å². The van der Waals surface area contributed by atoms with Crippen molar-refractivity contribution < 1.29 is 9.53 Å². The van der Waals surface area contributed by atoms with Crippen LogP contribution in [0.15, 0.2) is 49.1 Å². The van der Waals surface area contributed by atoms with Crippen molar-refractivity contribution in [2.75, 3.05) is 11.9 Å². The van der Waals surface area contributed by atoms with Crippen molar-refractivity contribution in [2.24, 2.45) is 5.92 Å². The molecule has 0 fully saturated rings. The second-order valence-electron chi connectivity index (χ2n) is 5.51. The van der Waals surface area contributed by atoms with Gasteiger partial charge in [0, 0.05) is 17.7 Å². The molecule has 6 heteroatoms. The number of aromatic nitrogens is 3. The zero-order chi connectivity index (χ0) is 15.9. The molecule has 2 aromatic rings. The average molecular weight is 312 g/mol. The number of benzene rings is 1. The molecule has 1 aliphatic carbocycles. The van der Waals surface area contributed by atoms with Crippen LogP contribution >= 0.6 is 0 Å². The van der Waals surface area contributed by atoms with Crippen LogP contribution in [0.1, 0.15) is 19.3 Å². The number of nitrogens with zero attached hydrogens (tertiary/aromatic N) is 3. The zero-order valence-corrected chi connectivity index (χ0v) is 12.9. The third kappa shape index (κ3) is 4.42. The van der Waals surface area contributed by atoms with Crippen LogP contribution in [0.5, 0.6) is 5.75 Å². The molecule has 120 valence electrons. The van der Waals surface area contributed by atoms with Crippen LogP contribution in [-0.4, -0.2) is 27.3 Å². The van der Waals surface area contributed by atoms with E-state index in [4.69, 9.17) is 4.74 Å². The van der Waals surface area contributed by atoms with E-state index in [2.05, 4.69) is 27.6 Å². The fourth-order valence-electron chi connectivity index (χ4n) is 2.54. The van der Waals surface area contributed by atoms with Crippen LogP contribution in [0.3, 0.4) is 0 Å². The summed E-state index contributed by atoms with van der Waals surface area (Å²) in [6.45, 7) is 1.12. The third-order valence-corrected chi connectivity index (χ3v) is 3.80. The van der Waals surface area contributed by atoms with Crippen molar-refractivity contribution in [1.82, 2.24) is 14.8 Å². The van der Waals surface area contributed by atoms with E-state index in [1.807, 2.05) is 24.3 Å². The predicted molar refractivity (Wildman–Crippen MR) is 87.1 cm³/mol. The van der Waals surface area contributed by atoms with Gasteiger partial charge in [-0.2, -0.15) is 5.10 Å².